The van der Waals surface area contributed by atoms with Crippen LogP contribution >= 0.6 is 0 Å². The van der Waals surface area contributed by atoms with Crippen molar-refractivity contribution in [1.29, 1.82) is 0 Å². The molecule has 256 valence electrons. The number of aldehydes is 1. The van der Waals surface area contributed by atoms with Crippen LogP contribution in [0.2, 0.25) is 0 Å². The number of unbranched alkanes of at least 4 members (excludes halogenated alkanes) is 2. The predicted molar refractivity (Wildman–Crippen MR) is 198 cm³/mol. The van der Waals surface area contributed by atoms with Gasteiger partial charge in [-0.2, -0.15) is 0 Å². The number of esters is 1. The summed E-state index contributed by atoms with van der Waals surface area (Å²) in [5, 5.41) is 18.8. The second-order valence-corrected chi connectivity index (χ2v) is 13.0. The molecule has 3 atom stereocenters. The summed E-state index contributed by atoms with van der Waals surface area (Å²) >= 11 is 0. The molecule has 0 fully saturated rings. The third kappa shape index (κ3) is 11.3. The zero-order chi connectivity index (χ0) is 35.1. The largest absolute Gasteiger partial charge is 0.462 e. The lowest BCUT2D eigenvalue weighted by molar-refractivity contribution is -0.141. The molecule has 0 aliphatic heterocycles. The van der Waals surface area contributed by atoms with Crippen LogP contribution in [-0.2, 0) is 27.2 Å². The van der Waals surface area contributed by atoms with Crippen molar-refractivity contribution in [2.45, 2.75) is 72.6 Å². The highest BCUT2D eigenvalue weighted by atomic mass is 16.5. The number of aliphatic hydroxyl groups is 2. The number of rotatable bonds is 16. The number of aryl methyl sites for hydroxylation is 3. The number of fused-ring (bicyclic) bond motifs is 1. The second kappa shape index (κ2) is 19.7. The Balaban J connectivity index is 0.00000116. The molecule has 2 aliphatic rings. The molecule has 2 aromatic carbocycles. The zero-order valence-electron chi connectivity index (χ0n) is 29.3. The monoisotopic (exact) mass is 650 g/mol. The lowest BCUT2D eigenvalue weighted by Crippen LogP contribution is -2.19. The summed E-state index contributed by atoms with van der Waals surface area (Å²) in [6, 6.07) is 13.4. The average molecular weight is 651 g/mol. The Morgan fingerprint density at radius 2 is 1.67 bits per heavy atom. The summed E-state index contributed by atoms with van der Waals surface area (Å²) in [5.74, 6) is 0.103. The second-order valence-electron chi connectivity index (χ2n) is 13.0. The first-order valence-electron chi connectivity index (χ1n) is 17.3. The number of hydrogen-bond donors (Lipinski definition) is 2. The van der Waals surface area contributed by atoms with Crippen LogP contribution in [0.5, 0.6) is 0 Å². The van der Waals surface area contributed by atoms with Crippen molar-refractivity contribution in [2.75, 3.05) is 19.8 Å². The topological polar surface area (TPSA) is 83.8 Å². The van der Waals surface area contributed by atoms with Crippen LogP contribution in [0, 0.1) is 24.7 Å². The average Bonchev–Trinajstić information content (AvgIpc) is 3.11. The van der Waals surface area contributed by atoms with Gasteiger partial charge in [0, 0.05) is 24.4 Å². The molecule has 0 radical (unpaired) electrons. The van der Waals surface area contributed by atoms with Crippen molar-refractivity contribution in [3.63, 3.8) is 0 Å². The van der Waals surface area contributed by atoms with E-state index in [0.29, 0.717) is 23.8 Å². The summed E-state index contributed by atoms with van der Waals surface area (Å²) < 4.78 is 5.19. The highest BCUT2D eigenvalue weighted by molar-refractivity contribution is 5.87. The molecule has 5 nitrogen and oxygen atoms in total. The molecule has 0 heterocycles. The predicted octanol–water partition coefficient (Wildman–Crippen LogP) is 8.88. The van der Waals surface area contributed by atoms with Crippen molar-refractivity contribution < 1.29 is 24.5 Å². The van der Waals surface area contributed by atoms with E-state index >= 15 is 0 Å². The maximum absolute atomic E-state index is 11.8. The maximum atomic E-state index is 11.8. The minimum Gasteiger partial charge on any atom is -0.462 e. The van der Waals surface area contributed by atoms with Crippen molar-refractivity contribution in [3.05, 3.63) is 125 Å². The maximum Gasteiger partial charge on any atom is 0.335 e. The van der Waals surface area contributed by atoms with Gasteiger partial charge in [0.25, 0.3) is 0 Å². The number of allylic oxidation sites excluding steroid dienone is 9. The third-order valence-corrected chi connectivity index (χ3v) is 8.95. The highest BCUT2D eigenvalue weighted by Crippen LogP contribution is 2.37. The molecular weight excluding hydrogens is 596 g/mol. The minimum atomic E-state index is -0.617. The molecule has 5 heteroatoms. The highest BCUT2D eigenvalue weighted by Gasteiger charge is 2.22. The molecule has 4 rings (SSSR count). The summed E-state index contributed by atoms with van der Waals surface area (Å²) in [6.45, 7) is 14.7. The summed E-state index contributed by atoms with van der Waals surface area (Å²) in [5.41, 5.74) is 10.9. The molecule has 2 N–H and O–H groups in total. The Bertz CT molecular complexity index is 1550. The van der Waals surface area contributed by atoms with Crippen LogP contribution in [0.4, 0.5) is 0 Å². The quantitative estimate of drug-likeness (QED) is 0.0821. The van der Waals surface area contributed by atoms with E-state index in [1.807, 2.05) is 0 Å². The molecule has 0 saturated heterocycles. The van der Waals surface area contributed by atoms with Crippen LogP contribution in [0.3, 0.4) is 0 Å². The van der Waals surface area contributed by atoms with Crippen LogP contribution in [0.15, 0.2) is 103 Å². The summed E-state index contributed by atoms with van der Waals surface area (Å²) in [4.78, 5) is 21.2. The molecule has 48 heavy (non-hydrogen) atoms. The van der Waals surface area contributed by atoms with Crippen LogP contribution in [0.25, 0.3) is 16.7 Å². The number of carbonyl (C=O) groups is 2. The fourth-order valence-corrected chi connectivity index (χ4v) is 6.03. The van der Waals surface area contributed by atoms with Gasteiger partial charge in [0.1, 0.15) is 6.29 Å². The molecule has 0 aromatic heterocycles. The van der Waals surface area contributed by atoms with Gasteiger partial charge in [-0.05, 0) is 90.5 Å². The molecule has 2 aliphatic carbocycles. The Kier molecular flexibility index (Phi) is 15.7. The first kappa shape index (κ1) is 38.4. The van der Waals surface area contributed by atoms with Crippen LogP contribution in [0.1, 0.15) is 75.1 Å². The fraction of sp³-hybridized carbons (Fsp3) is 0.395. The number of carbonyl (C=O) groups excluding carboxylic acids is 2. The van der Waals surface area contributed by atoms with Gasteiger partial charge in [-0.15, -0.1) is 0 Å². The van der Waals surface area contributed by atoms with E-state index < -0.39 is 12.6 Å². The van der Waals surface area contributed by atoms with E-state index in [0.717, 1.165) is 19.1 Å². The molecule has 0 bridgehead atoms. The van der Waals surface area contributed by atoms with Crippen LogP contribution < -0.4 is 0 Å². The lowest BCUT2D eigenvalue weighted by Gasteiger charge is -2.26. The van der Waals surface area contributed by atoms with E-state index in [-0.39, 0.29) is 24.7 Å². The molecule has 0 amide bonds. The molecule has 3 unspecified atom stereocenters. The van der Waals surface area contributed by atoms with Gasteiger partial charge < -0.3 is 14.9 Å². The normalized spacial score (nSPS) is 16.9. The van der Waals surface area contributed by atoms with Crippen molar-refractivity contribution >= 4 is 17.8 Å². The molecular formula is C43H54O5. The Morgan fingerprint density at radius 1 is 0.958 bits per heavy atom. The van der Waals surface area contributed by atoms with E-state index in [4.69, 9.17) is 9.84 Å². The smallest absolute Gasteiger partial charge is 0.335 e. The van der Waals surface area contributed by atoms with Crippen LogP contribution in [-0.4, -0.2) is 42.3 Å². The molecule has 0 saturated carbocycles. The van der Waals surface area contributed by atoms with E-state index in [1.165, 1.54) is 70.2 Å². The lowest BCUT2D eigenvalue weighted by atomic mass is 9.78. The summed E-state index contributed by atoms with van der Waals surface area (Å²) in [6.07, 6.45) is 22.5. The van der Waals surface area contributed by atoms with Gasteiger partial charge in [0.2, 0.25) is 0 Å². The third-order valence-electron chi connectivity index (χ3n) is 8.95. The zero-order valence-corrected chi connectivity index (χ0v) is 29.3. The van der Waals surface area contributed by atoms with Crippen molar-refractivity contribution in [3.8, 4) is 11.1 Å². The van der Waals surface area contributed by atoms with E-state index in [1.54, 1.807) is 6.92 Å². The Morgan fingerprint density at radius 3 is 2.31 bits per heavy atom. The van der Waals surface area contributed by atoms with Gasteiger partial charge in [-0.3, -0.25) is 4.79 Å². The van der Waals surface area contributed by atoms with E-state index in [9.17, 15) is 14.7 Å². The minimum absolute atomic E-state index is 0.0214. The van der Waals surface area contributed by atoms with Gasteiger partial charge >= 0.3 is 5.97 Å². The van der Waals surface area contributed by atoms with Crippen molar-refractivity contribution in [1.82, 2.24) is 0 Å². The van der Waals surface area contributed by atoms with Gasteiger partial charge in [-0.25, -0.2) is 4.79 Å². The van der Waals surface area contributed by atoms with Gasteiger partial charge in [0.15, 0.2) is 0 Å². The number of ether oxygens (including phenoxy) is 1. The van der Waals surface area contributed by atoms with Crippen molar-refractivity contribution in [2.24, 2.45) is 17.8 Å². The molecule has 0 spiro atoms. The standard InChI is InChI=1S/C39H48O4.C4H6O/c1-5-7-8-9-29-12-14-34-23-36(16-15-33(34)21-29)38-19-17-35(22-32(38)6-2)37-18-13-30(20-27(37)3)10-11-31(25-41)26-43-39(42)28(4)24-40;1-4(2)3-5/h12-23,31,33-34,40-41H,4-11,24-26H2,1-3H3;3H,1H2,2H3. The number of aliphatic hydroxyl groups excluding tert-OH is 2. The van der Waals surface area contributed by atoms with Gasteiger partial charge in [0.05, 0.1) is 18.8 Å². The Labute approximate surface area is 288 Å². The SMILES string of the molecule is C=C(C)C=O.C=C(CO)C(=O)OCC(CO)CCc1ccc(-c2ccc(C3=CC4C=CC(CCCCC)=CC4C=C3)c(CC)c2)c(C)c1. The van der Waals surface area contributed by atoms with E-state index in [2.05, 4.69) is 107 Å². The summed E-state index contributed by atoms with van der Waals surface area (Å²) in [7, 11) is 0. The molecule has 2 aromatic rings. The number of benzene rings is 2. The number of hydrogen-bond acceptors (Lipinski definition) is 5. The Hall–Kier alpha value is -4.06. The van der Waals surface area contributed by atoms with Gasteiger partial charge in [-0.1, -0.05) is 118 Å². The fourth-order valence-electron chi connectivity index (χ4n) is 6.03. The first-order chi connectivity index (χ1) is 23.1. The first-order valence-corrected chi connectivity index (χ1v) is 17.3.